The van der Waals surface area contributed by atoms with Gasteiger partial charge in [0.25, 0.3) is 5.91 Å². The quantitative estimate of drug-likeness (QED) is 0.415. The maximum atomic E-state index is 13.3. The van der Waals surface area contributed by atoms with E-state index in [1.165, 1.54) is 0 Å². The second kappa shape index (κ2) is 10.7. The monoisotopic (exact) mass is 473 g/mol. The van der Waals surface area contributed by atoms with Gasteiger partial charge < -0.3 is 25.4 Å². The molecule has 0 spiro atoms. The summed E-state index contributed by atoms with van der Waals surface area (Å²) in [5.41, 5.74) is 0.361. The highest BCUT2D eigenvalue weighted by atomic mass is 16.5. The number of ether oxygens (including phenoxy) is 2. The molecule has 180 valence electrons. The van der Waals surface area contributed by atoms with Crippen molar-refractivity contribution in [3.8, 4) is 5.75 Å². The second-order valence-corrected chi connectivity index (χ2v) is 8.42. The summed E-state index contributed by atoms with van der Waals surface area (Å²) in [6.45, 7) is 1.66. The Hall–Kier alpha value is -4.33. The SMILES string of the molecule is C[C@@]1(NC(=O)[C@H](Cc2ccccc2)NC(=O)OCc2ccccc2)C(=O)N[C@H]1Oc1ccccc1. The molecule has 3 N–H and O–H groups in total. The predicted molar refractivity (Wildman–Crippen MR) is 129 cm³/mol. The Bertz CT molecular complexity index is 1160. The van der Waals surface area contributed by atoms with E-state index in [0.29, 0.717) is 5.75 Å². The molecule has 1 aliphatic heterocycles. The van der Waals surface area contributed by atoms with Gasteiger partial charge in [0.05, 0.1) is 0 Å². The lowest BCUT2D eigenvalue weighted by Gasteiger charge is -2.46. The number of hydrogen-bond donors (Lipinski definition) is 3. The molecular weight excluding hydrogens is 446 g/mol. The van der Waals surface area contributed by atoms with Crippen LogP contribution >= 0.6 is 0 Å². The standard InChI is InChI=1S/C27H27N3O5/c1-27(24(32)29-25(27)35-21-15-9-4-10-16-21)30-23(31)22(17-19-11-5-2-6-12-19)28-26(33)34-18-20-13-7-3-8-14-20/h2-16,22,25H,17-18H2,1H3,(H,28,33)(H,29,32)(H,30,31)/t22-,25-,27+/m0/s1. The van der Waals surface area contributed by atoms with E-state index in [1.807, 2.05) is 78.9 Å². The highest BCUT2D eigenvalue weighted by Gasteiger charge is 2.55. The van der Waals surface area contributed by atoms with Crippen molar-refractivity contribution in [1.29, 1.82) is 0 Å². The van der Waals surface area contributed by atoms with Crippen LogP contribution in [-0.4, -0.2) is 35.7 Å². The zero-order valence-electron chi connectivity index (χ0n) is 19.3. The lowest BCUT2D eigenvalue weighted by atomic mass is 9.89. The van der Waals surface area contributed by atoms with E-state index in [2.05, 4.69) is 16.0 Å². The van der Waals surface area contributed by atoms with E-state index in [1.54, 1.807) is 19.1 Å². The third kappa shape index (κ3) is 5.97. The number of para-hydroxylation sites is 1. The molecule has 8 heteroatoms. The first-order valence-electron chi connectivity index (χ1n) is 11.3. The fourth-order valence-corrected chi connectivity index (χ4v) is 3.67. The highest BCUT2D eigenvalue weighted by molar-refractivity contribution is 5.98. The van der Waals surface area contributed by atoms with Crippen LogP contribution in [0.15, 0.2) is 91.0 Å². The van der Waals surface area contributed by atoms with Crippen LogP contribution in [0, 0.1) is 0 Å². The number of hydrogen-bond acceptors (Lipinski definition) is 5. The summed E-state index contributed by atoms with van der Waals surface area (Å²) in [4.78, 5) is 38.2. The molecule has 0 bridgehead atoms. The van der Waals surface area contributed by atoms with Crippen molar-refractivity contribution in [1.82, 2.24) is 16.0 Å². The van der Waals surface area contributed by atoms with Crippen LogP contribution in [0.25, 0.3) is 0 Å². The molecule has 35 heavy (non-hydrogen) atoms. The minimum absolute atomic E-state index is 0.0689. The number of amides is 3. The summed E-state index contributed by atoms with van der Waals surface area (Å²) in [5.74, 6) is -0.345. The number of carbonyl (C=O) groups excluding carboxylic acids is 3. The van der Waals surface area contributed by atoms with Gasteiger partial charge in [0.1, 0.15) is 18.4 Å². The smallest absolute Gasteiger partial charge is 0.408 e. The zero-order valence-corrected chi connectivity index (χ0v) is 19.3. The molecule has 0 radical (unpaired) electrons. The maximum Gasteiger partial charge on any atom is 0.408 e. The van der Waals surface area contributed by atoms with Gasteiger partial charge in [-0.25, -0.2) is 4.79 Å². The molecule has 0 saturated carbocycles. The van der Waals surface area contributed by atoms with E-state index in [9.17, 15) is 14.4 Å². The average molecular weight is 474 g/mol. The molecule has 1 saturated heterocycles. The third-order valence-electron chi connectivity index (χ3n) is 5.74. The molecule has 3 aromatic rings. The van der Waals surface area contributed by atoms with Crippen LogP contribution in [0.3, 0.4) is 0 Å². The molecular formula is C27H27N3O5. The van der Waals surface area contributed by atoms with Crippen LogP contribution in [0.2, 0.25) is 0 Å². The number of rotatable bonds is 9. The summed E-state index contributed by atoms with van der Waals surface area (Å²) in [7, 11) is 0. The predicted octanol–water partition coefficient (Wildman–Crippen LogP) is 2.93. The molecule has 1 fully saturated rings. The number of alkyl carbamates (subject to hydrolysis) is 1. The lowest BCUT2D eigenvalue weighted by Crippen LogP contribution is -2.80. The molecule has 3 aromatic carbocycles. The molecule has 0 unspecified atom stereocenters. The topological polar surface area (TPSA) is 106 Å². The number of carbonyl (C=O) groups is 3. The highest BCUT2D eigenvalue weighted by Crippen LogP contribution is 2.24. The fraction of sp³-hybridized carbons (Fsp3) is 0.222. The summed E-state index contributed by atoms with van der Waals surface area (Å²) < 4.78 is 11.1. The van der Waals surface area contributed by atoms with Crippen molar-refractivity contribution in [2.24, 2.45) is 0 Å². The minimum atomic E-state index is -1.31. The number of β-lactam (4-membered cyclic amide) rings is 1. The van der Waals surface area contributed by atoms with Gasteiger partial charge in [0.2, 0.25) is 12.1 Å². The van der Waals surface area contributed by atoms with Gasteiger partial charge >= 0.3 is 6.09 Å². The summed E-state index contributed by atoms with van der Waals surface area (Å²) in [6.07, 6.45) is -1.27. The van der Waals surface area contributed by atoms with Crippen LogP contribution < -0.4 is 20.7 Å². The van der Waals surface area contributed by atoms with Crippen molar-refractivity contribution >= 4 is 17.9 Å². The van der Waals surface area contributed by atoms with Crippen molar-refractivity contribution in [2.45, 2.75) is 37.8 Å². The van der Waals surface area contributed by atoms with Crippen molar-refractivity contribution in [3.05, 3.63) is 102 Å². The Labute approximate surface area is 203 Å². The minimum Gasteiger partial charge on any atom is -0.468 e. The normalized spacial score (nSPS) is 19.5. The zero-order chi connectivity index (χ0) is 24.7. The average Bonchev–Trinajstić information content (AvgIpc) is 2.88. The van der Waals surface area contributed by atoms with Gasteiger partial charge in [0.15, 0.2) is 5.54 Å². The van der Waals surface area contributed by atoms with Gasteiger partial charge in [-0.3, -0.25) is 9.59 Å². The summed E-state index contributed by atoms with van der Waals surface area (Å²) in [5, 5.41) is 8.07. The molecule has 3 atom stereocenters. The first-order chi connectivity index (χ1) is 16.9. The molecule has 0 aromatic heterocycles. The molecule has 1 aliphatic rings. The van der Waals surface area contributed by atoms with E-state index >= 15 is 0 Å². The largest absolute Gasteiger partial charge is 0.468 e. The first kappa shape index (κ1) is 23.8. The Morgan fingerprint density at radius 1 is 0.914 bits per heavy atom. The van der Waals surface area contributed by atoms with E-state index < -0.39 is 29.8 Å². The van der Waals surface area contributed by atoms with Crippen molar-refractivity contribution in [3.63, 3.8) is 0 Å². The molecule has 8 nitrogen and oxygen atoms in total. The Kier molecular flexibility index (Phi) is 7.30. The molecule has 1 heterocycles. The van der Waals surface area contributed by atoms with Crippen LogP contribution in [0.4, 0.5) is 4.79 Å². The Balaban J connectivity index is 1.44. The molecule has 3 amide bonds. The van der Waals surface area contributed by atoms with Crippen molar-refractivity contribution < 1.29 is 23.9 Å². The third-order valence-corrected chi connectivity index (χ3v) is 5.74. The molecule has 0 aliphatic carbocycles. The summed E-state index contributed by atoms with van der Waals surface area (Å²) in [6, 6.07) is 26.5. The molecule has 4 rings (SSSR count). The number of benzene rings is 3. The lowest BCUT2D eigenvalue weighted by molar-refractivity contribution is -0.153. The van der Waals surface area contributed by atoms with Gasteiger partial charge in [-0.1, -0.05) is 78.9 Å². The summed E-state index contributed by atoms with van der Waals surface area (Å²) >= 11 is 0. The van der Waals surface area contributed by atoms with Crippen molar-refractivity contribution in [2.75, 3.05) is 0 Å². The number of nitrogens with one attached hydrogen (secondary N) is 3. The van der Waals surface area contributed by atoms with Gasteiger partial charge in [0, 0.05) is 6.42 Å². The van der Waals surface area contributed by atoms with Crippen LogP contribution in [0.5, 0.6) is 5.75 Å². The Morgan fingerprint density at radius 2 is 1.49 bits per heavy atom. The van der Waals surface area contributed by atoms with E-state index in [-0.39, 0.29) is 18.9 Å². The van der Waals surface area contributed by atoms with Gasteiger partial charge in [-0.2, -0.15) is 0 Å². The van der Waals surface area contributed by atoms with Gasteiger partial charge in [-0.15, -0.1) is 0 Å². The van der Waals surface area contributed by atoms with E-state index in [4.69, 9.17) is 9.47 Å². The van der Waals surface area contributed by atoms with Crippen LogP contribution in [-0.2, 0) is 27.4 Å². The first-order valence-corrected chi connectivity index (χ1v) is 11.3. The maximum absolute atomic E-state index is 13.3. The van der Waals surface area contributed by atoms with Gasteiger partial charge in [-0.05, 0) is 30.2 Å². The van der Waals surface area contributed by atoms with Crippen LogP contribution in [0.1, 0.15) is 18.1 Å². The Morgan fingerprint density at radius 3 is 2.09 bits per heavy atom. The fourth-order valence-electron chi connectivity index (χ4n) is 3.67. The second-order valence-electron chi connectivity index (χ2n) is 8.42. The van der Waals surface area contributed by atoms with E-state index in [0.717, 1.165) is 11.1 Å².